The fourth-order valence-corrected chi connectivity index (χ4v) is 4.97. The molecule has 2 bridgehead atoms. The number of hydrogen-bond acceptors (Lipinski definition) is 2. The van der Waals surface area contributed by atoms with E-state index in [1.54, 1.807) is 0 Å². The summed E-state index contributed by atoms with van der Waals surface area (Å²) in [5.74, 6) is 1.24. The minimum absolute atomic E-state index is 0.0122. The number of carbonyl (C=O) groups excluding carboxylic acids is 1. The summed E-state index contributed by atoms with van der Waals surface area (Å²) in [7, 11) is 0. The Bertz CT molecular complexity index is 413. The highest BCUT2D eigenvalue weighted by Crippen LogP contribution is 2.59. The fraction of sp³-hybridized carbons (Fsp3) is 0.800. The first-order valence-electron chi connectivity index (χ1n) is 7.03. The van der Waals surface area contributed by atoms with Crippen molar-refractivity contribution in [3.63, 3.8) is 0 Å². The SMILES string of the molecule is C[C@]12CCC(=O)[C@H]1[C@H]1C=C[C@]3(CCC[C@H]3C2)O1. The van der Waals surface area contributed by atoms with Crippen LogP contribution >= 0.6 is 0 Å². The van der Waals surface area contributed by atoms with E-state index in [0.717, 1.165) is 12.8 Å². The molecule has 2 aliphatic carbocycles. The molecule has 2 saturated carbocycles. The van der Waals surface area contributed by atoms with Crippen LogP contribution in [0.15, 0.2) is 12.2 Å². The minimum Gasteiger partial charge on any atom is -0.363 e. The smallest absolute Gasteiger partial charge is 0.139 e. The summed E-state index contributed by atoms with van der Waals surface area (Å²) in [6.07, 6.45) is 11.4. The summed E-state index contributed by atoms with van der Waals surface area (Å²) >= 11 is 0. The third-order valence-electron chi connectivity index (χ3n) is 5.82. The topological polar surface area (TPSA) is 26.3 Å². The van der Waals surface area contributed by atoms with E-state index in [0.29, 0.717) is 11.7 Å². The predicted molar refractivity (Wildman–Crippen MR) is 64.5 cm³/mol. The van der Waals surface area contributed by atoms with E-state index in [9.17, 15) is 4.79 Å². The molecule has 4 rings (SSSR count). The van der Waals surface area contributed by atoms with Gasteiger partial charge in [0.25, 0.3) is 0 Å². The molecular formula is C15H20O2. The van der Waals surface area contributed by atoms with Crippen molar-refractivity contribution in [2.45, 2.75) is 57.2 Å². The van der Waals surface area contributed by atoms with E-state index in [4.69, 9.17) is 4.74 Å². The summed E-state index contributed by atoms with van der Waals surface area (Å²) < 4.78 is 6.35. The Morgan fingerprint density at radius 2 is 2.29 bits per heavy atom. The minimum atomic E-state index is 0.0122. The average molecular weight is 232 g/mol. The Balaban J connectivity index is 1.81. The highest BCUT2D eigenvalue weighted by atomic mass is 16.5. The zero-order chi connectivity index (χ0) is 11.7. The molecule has 0 N–H and O–H groups in total. The molecule has 5 atom stereocenters. The van der Waals surface area contributed by atoms with Crippen molar-refractivity contribution < 1.29 is 9.53 Å². The third-order valence-corrected chi connectivity index (χ3v) is 5.82. The normalized spacial score (nSPS) is 55.8. The van der Waals surface area contributed by atoms with Crippen molar-refractivity contribution in [2.24, 2.45) is 17.3 Å². The lowest BCUT2D eigenvalue weighted by Gasteiger charge is -2.33. The van der Waals surface area contributed by atoms with Crippen LogP contribution in [0, 0.1) is 17.3 Å². The van der Waals surface area contributed by atoms with Crippen molar-refractivity contribution in [3.05, 3.63) is 12.2 Å². The lowest BCUT2D eigenvalue weighted by molar-refractivity contribution is -0.128. The summed E-state index contributed by atoms with van der Waals surface area (Å²) in [5.41, 5.74) is 0.224. The second-order valence-corrected chi connectivity index (χ2v) is 6.79. The first kappa shape index (κ1) is 10.3. The van der Waals surface area contributed by atoms with Gasteiger partial charge in [0.05, 0.1) is 17.6 Å². The number of rotatable bonds is 0. The number of fused-ring (bicyclic) bond motifs is 3. The van der Waals surface area contributed by atoms with Crippen LogP contribution in [-0.2, 0) is 9.53 Å². The molecular weight excluding hydrogens is 212 g/mol. The standard InChI is InChI=1S/C15H20O2/c1-14-7-4-11(16)13(14)12-5-8-15(17-12)6-2-3-10(15)9-14/h5,8,10,12-13H,2-4,6-7,9H2,1H3/t10-,12+,13-,14+,15-/m0/s1. The molecule has 1 saturated heterocycles. The highest BCUT2D eigenvalue weighted by Gasteiger charge is 2.59. The monoisotopic (exact) mass is 232 g/mol. The second-order valence-electron chi connectivity index (χ2n) is 6.79. The first-order chi connectivity index (χ1) is 8.13. The van der Waals surface area contributed by atoms with E-state index in [1.165, 1.54) is 25.7 Å². The van der Waals surface area contributed by atoms with Crippen LogP contribution in [0.4, 0.5) is 0 Å². The number of ether oxygens (including phenoxy) is 1. The molecule has 0 aromatic heterocycles. The number of Topliss-reactive ketones (excluding diaryl/α,β-unsaturated/α-hetero) is 1. The molecule has 3 fully saturated rings. The highest BCUT2D eigenvalue weighted by molar-refractivity contribution is 5.85. The average Bonchev–Trinajstić information content (AvgIpc) is 2.91. The van der Waals surface area contributed by atoms with E-state index in [-0.39, 0.29) is 23.0 Å². The number of carbonyl (C=O) groups is 1. The molecule has 0 radical (unpaired) electrons. The van der Waals surface area contributed by atoms with E-state index >= 15 is 0 Å². The van der Waals surface area contributed by atoms with Gasteiger partial charge in [-0.1, -0.05) is 19.1 Å². The van der Waals surface area contributed by atoms with Crippen LogP contribution < -0.4 is 0 Å². The van der Waals surface area contributed by atoms with Gasteiger partial charge in [0.15, 0.2) is 0 Å². The van der Waals surface area contributed by atoms with Gasteiger partial charge >= 0.3 is 0 Å². The summed E-state index contributed by atoms with van der Waals surface area (Å²) in [6.45, 7) is 2.33. The van der Waals surface area contributed by atoms with E-state index in [1.807, 2.05) is 0 Å². The van der Waals surface area contributed by atoms with E-state index in [2.05, 4.69) is 19.1 Å². The maximum Gasteiger partial charge on any atom is 0.139 e. The van der Waals surface area contributed by atoms with Gasteiger partial charge in [-0.25, -0.2) is 0 Å². The Hall–Kier alpha value is -0.630. The van der Waals surface area contributed by atoms with Crippen molar-refractivity contribution in [3.8, 4) is 0 Å². The summed E-state index contributed by atoms with van der Waals surface area (Å²) in [4.78, 5) is 12.2. The molecule has 0 amide bonds. The summed E-state index contributed by atoms with van der Waals surface area (Å²) in [5, 5.41) is 0. The van der Waals surface area contributed by atoms with Gasteiger partial charge in [-0.05, 0) is 43.4 Å². The van der Waals surface area contributed by atoms with Crippen LogP contribution in [0.25, 0.3) is 0 Å². The zero-order valence-corrected chi connectivity index (χ0v) is 10.4. The van der Waals surface area contributed by atoms with E-state index < -0.39 is 0 Å². The molecule has 2 nitrogen and oxygen atoms in total. The Morgan fingerprint density at radius 3 is 3.18 bits per heavy atom. The lowest BCUT2D eigenvalue weighted by Crippen LogP contribution is -2.34. The van der Waals surface area contributed by atoms with Crippen molar-refractivity contribution >= 4 is 5.78 Å². The fourth-order valence-electron chi connectivity index (χ4n) is 4.97. The molecule has 2 aliphatic heterocycles. The van der Waals surface area contributed by atoms with Crippen LogP contribution in [0.3, 0.4) is 0 Å². The Kier molecular flexibility index (Phi) is 1.84. The zero-order valence-electron chi connectivity index (χ0n) is 10.4. The Labute approximate surface area is 102 Å². The van der Waals surface area contributed by atoms with Crippen molar-refractivity contribution in [1.82, 2.24) is 0 Å². The third kappa shape index (κ3) is 1.17. The molecule has 4 aliphatic rings. The van der Waals surface area contributed by atoms with Gasteiger partial charge in [-0.15, -0.1) is 0 Å². The van der Waals surface area contributed by atoms with Gasteiger partial charge in [0.2, 0.25) is 0 Å². The molecule has 0 aromatic carbocycles. The van der Waals surface area contributed by atoms with Gasteiger partial charge in [0, 0.05) is 6.42 Å². The quantitative estimate of drug-likeness (QED) is 0.600. The van der Waals surface area contributed by atoms with Crippen LogP contribution in [0.5, 0.6) is 0 Å². The number of hydrogen-bond donors (Lipinski definition) is 0. The molecule has 2 heterocycles. The molecule has 17 heavy (non-hydrogen) atoms. The largest absolute Gasteiger partial charge is 0.363 e. The van der Waals surface area contributed by atoms with Gasteiger partial charge in [-0.2, -0.15) is 0 Å². The molecule has 2 heteroatoms. The predicted octanol–water partition coefficient (Wildman–Crippen LogP) is 2.87. The molecule has 1 spiro atoms. The van der Waals surface area contributed by atoms with Crippen LogP contribution in [-0.4, -0.2) is 17.5 Å². The maximum atomic E-state index is 12.2. The van der Waals surface area contributed by atoms with Crippen LogP contribution in [0.1, 0.15) is 45.4 Å². The van der Waals surface area contributed by atoms with Crippen LogP contribution in [0.2, 0.25) is 0 Å². The van der Waals surface area contributed by atoms with Gasteiger partial charge in [-0.3, -0.25) is 4.79 Å². The molecule has 92 valence electrons. The van der Waals surface area contributed by atoms with Crippen molar-refractivity contribution in [1.29, 1.82) is 0 Å². The van der Waals surface area contributed by atoms with Gasteiger partial charge < -0.3 is 4.74 Å². The second kappa shape index (κ2) is 3.03. The van der Waals surface area contributed by atoms with Gasteiger partial charge in [0.1, 0.15) is 5.78 Å². The molecule has 0 aromatic rings. The number of ketones is 1. The lowest BCUT2D eigenvalue weighted by atomic mass is 9.68. The Morgan fingerprint density at radius 1 is 1.41 bits per heavy atom. The van der Waals surface area contributed by atoms with Crippen molar-refractivity contribution in [2.75, 3.05) is 0 Å². The first-order valence-corrected chi connectivity index (χ1v) is 7.03. The molecule has 0 unspecified atom stereocenters. The maximum absolute atomic E-state index is 12.2. The summed E-state index contributed by atoms with van der Waals surface area (Å²) in [6, 6.07) is 0.